The Bertz CT molecular complexity index is 787. The Kier molecular flexibility index (Phi) is 5.34. The highest BCUT2D eigenvalue weighted by atomic mass is 35.5. The summed E-state index contributed by atoms with van der Waals surface area (Å²) in [5, 5.41) is 4.63. The van der Waals surface area contributed by atoms with E-state index in [2.05, 4.69) is 10.3 Å². The molecule has 0 fully saturated rings. The van der Waals surface area contributed by atoms with Gasteiger partial charge in [-0.3, -0.25) is 4.98 Å². The number of hydrogen-bond donors (Lipinski definition) is 1. The van der Waals surface area contributed by atoms with Crippen molar-refractivity contribution >= 4 is 33.9 Å². The average Bonchev–Trinajstić information content (AvgIpc) is 2.52. The molecule has 0 amide bonds. The van der Waals surface area contributed by atoms with Crippen LogP contribution < -0.4 is 5.32 Å². The van der Waals surface area contributed by atoms with Crippen LogP contribution in [0.5, 0.6) is 0 Å². The molecule has 0 bridgehead atoms. The number of hydrogen-bond acceptors (Lipinski definition) is 2. The molecule has 0 aliphatic heterocycles. The second-order valence-corrected chi connectivity index (χ2v) is 5.06. The maximum Gasteiger partial charge on any atom is 0.146 e. The zero-order valence-corrected chi connectivity index (χ0v) is 13.6. The summed E-state index contributed by atoms with van der Waals surface area (Å²) in [6, 6.07) is 12.4. The molecule has 0 radical (unpaired) electrons. The zero-order chi connectivity index (χ0) is 16.1. The van der Waals surface area contributed by atoms with Gasteiger partial charge < -0.3 is 5.32 Å². The van der Waals surface area contributed by atoms with Crippen LogP contribution in [0, 0.1) is 12.7 Å². The Balaban J connectivity index is 0.000000847. The van der Waals surface area contributed by atoms with E-state index >= 15 is 0 Å². The molecule has 22 heavy (non-hydrogen) atoms. The Morgan fingerprint density at radius 2 is 1.77 bits per heavy atom. The fraction of sp³-hybridized carbons (Fsp3) is 0.167. The van der Waals surface area contributed by atoms with Gasteiger partial charge in [0.15, 0.2) is 0 Å². The van der Waals surface area contributed by atoms with Gasteiger partial charge in [0.1, 0.15) is 5.82 Å². The van der Waals surface area contributed by atoms with Crippen LogP contribution in [0.4, 0.5) is 15.8 Å². The van der Waals surface area contributed by atoms with Gasteiger partial charge >= 0.3 is 0 Å². The lowest BCUT2D eigenvalue weighted by Gasteiger charge is -2.10. The van der Waals surface area contributed by atoms with Crippen LogP contribution in [0.1, 0.15) is 19.4 Å². The minimum absolute atomic E-state index is 0.274. The predicted molar refractivity (Wildman–Crippen MR) is 92.5 cm³/mol. The Hall–Kier alpha value is -2.13. The Morgan fingerprint density at radius 3 is 2.50 bits per heavy atom. The van der Waals surface area contributed by atoms with Crippen LogP contribution >= 0.6 is 11.6 Å². The van der Waals surface area contributed by atoms with Gasteiger partial charge in [-0.2, -0.15) is 0 Å². The van der Waals surface area contributed by atoms with Crippen LogP contribution in [0.3, 0.4) is 0 Å². The molecule has 1 heterocycles. The molecule has 3 aromatic rings. The van der Waals surface area contributed by atoms with Gasteiger partial charge in [-0.1, -0.05) is 31.5 Å². The van der Waals surface area contributed by atoms with Gasteiger partial charge in [-0.05, 0) is 48.9 Å². The topological polar surface area (TPSA) is 24.9 Å². The SMILES string of the molecule is CC.Cc1ccc(Nc2ccnc3cc(Cl)ccc23)c(F)c1. The van der Waals surface area contributed by atoms with Crippen molar-refractivity contribution in [1.82, 2.24) is 4.98 Å². The minimum atomic E-state index is -0.274. The first-order chi connectivity index (χ1) is 10.6. The molecule has 0 atom stereocenters. The van der Waals surface area contributed by atoms with Gasteiger partial charge in [-0.25, -0.2) is 4.39 Å². The van der Waals surface area contributed by atoms with Crippen molar-refractivity contribution in [3.63, 3.8) is 0 Å². The smallest absolute Gasteiger partial charge is 0.146 e. The number of nitrogens with one attached hydrogen (secondary N) is 1. The summed E-state index contributed by atoms with van der Waals surface area (Å²) in [6.07, 6.45) is 1.67. The monoisotopic (exact) mass is 316 g/mol. The summed E-state index contributed by atoms with van der Waals surface area (Å²) in [5.41, 5.74) is 2.90. The molecular weight excluding hydrogens is 299 g/mol. The first-order valence-electron chi connectivity index (χ1n) is 7.21. The molecule has 0 saturated heterocycles. The van der Waals surface area contributed by atoms with E-state index in [4.69, 9.17) is 11.6 Å². The van der Waals surface area contributed by atoms with Crippen LogP contribution in [0.2, 0.25) is 5.02 Å². The van der Waals surface area contributed by atoms with Gasteiger partial charge in [0.2, 0.25) is 0 Å². The molecular formula is C18H18ClFN2. The van der Waals surface area contributed by atoms with E-state index in [1.54, 1.807) is 24.4 Å². The van der Waals surface area contributed by atoms with E-state index in [1.807, 2.05) is 39.0 Å². The number of aromatic nitrogens is 1. The largest absolute Gasteiger partial charge is 0.353 e. The lowest BCUT2D eigenvalue weighted by molar-refractivity contribution is 0.631. The normalized spacial score (nSPS) is 10.0. The van der Waals surface area contributed by atoms with Crippen LogP contribution in [0.25, 0.3) is 10.9 Å². The van der Waals surface area contributed by atoms with Crippen molar-refractivity contribution in [2.75, 3.05) is 5.32 Å². The molecule has 0 spiro atoms. The molecule has 0 aliphatic rings. The molecule has 0 unspecified atom stereocenters. The molecule has 2 aromatic carbocycles. The standard InChI is InChI=1S/C16H12ClFN2.C2H6/c1-10-2-5-15(13(18)8-10)20-14-6-7-19-16-9-11(17)3-4-12(14)16;1-2/h2-9H,1H3,(H,19,20);1-2H3. The van der Waals surface area contributed by atoms with E-state index in [9.17, 15) is 4.39 Å². The number of benzene rings is 2. The van der Waals surface area contributed by atoms with Crippen molar-refractivity contribution in [3.05, 3.63) is 65.1 Å². The third-order valence-corrected chi connectivity index (χ3v) is 3.33. The van der Waals surface area contributed by atoms with Gasteiger partial charge in [0.05, 0.1) is 11.2 Å². The summed E-state index contributed by atoms with van der Waals surface area (Å²) < 4.78 is 13.9. The molecule has 1 aromatic heterocycles. The lowest BCUT2D eigenvalue weighted by Crippen LogP contribution is -1.95. The maximum absolute atomic E-state index is 13.9. The van der Waals surface area contributed by atoms with Crippen LogP contribution in [-0.2, 0) is 0 Å². The van der Waals surface area contributed by atoms with E-state index in [1.165, 1.54) is 6.07 Å². The van der Waals surface area contributed by atoms with Crippen molar-refractivity contribution in [1.29, 1.82) is 0 Å². The summed E-state index contributed by atoms with van der Waals surface area (Å²) in [5.74, 6) is -0.274. The second-order valence-electron chi connectivity index (χ2n) is 4.63. The van der Waals surface area contributed by atoms with Crippen molar-refractivity contribution in [3.8, 4) is 0 Å². The van der Waals surface area contributed by atoms with E-state index in [-0.39, 0.29) is 5.82 Å². The third kappa shape index (κ3) is 3.55. The lowest BCUT2D eigenvalue weighted by atomic mass is 10.1. The van der Waals surface area contributed by atoms with E-state index in [0.717, 1.165) is 22.2 Å². The molecule has 1 N–H and O–H groups in total. The number of halogens is 2. The van der Waals surface area contributed by atoms with Crippen LogP contribution in [0.15, 0.2) is 48.7 Å². The Labute approximate surface area is 135 Å². The molecule has 114 valence electrons. The fourth-order valence-corrected chi connectivity index (χ4v) is 2.26. The quantitative estimate of drug-likeness (QED) is 0.617. The van der Waals surface area contributed by atoms with Crippen LogP contribution in [-0.4, -0.2) is 4.98 Å². The number of rotatable bonds is 2. The van der Waals surface area contributed by atoms with Crippen molar-refractivity contribution in [2.45, 2.75) is 20.8 Å². The zero-order valence-electron chi connectivity index (χ0n) is 12.8. The second kappa shape index (κ2) is 7.23. The van der Waals surface area contributed by atoms with Gasteiger partial charge in [0, 0.05) is 22.3 Å². The highest BCUT2D eigenvalue weighted by Crippen LogP contribution is 2.28. The van der Waals surface area contributed by atoms with Gasteiger partial charge in [-0.15, -0.1) is 0 Å². The highest BCUT2D eigenvalue weighted by Gasteiger charge is 2.06. The maximum atomic E-state index is 13.9. The number of pyridine rings is 1. The summed E-state index contributed by atoms with van der Waals surface area (Å²) >= 11 is 5.95. The Morgan fingerprint density at radius 1 is 1.00 bits per heavy atom. The minimum Gasteiger partial charge on any atom is -0.353 e. The van der Waals surface area contributed by atoms with E-state index < -0.39 is 0 Å². The first kappa shape index (κ1) is 16.2. The number of aryl methyl sites for hydroxylation is 1. The van der Waals surface area contributed by atoms with Crippen molar-refractivity contribution < 1.29 is 4.39 Å². The highest BCUT2D eigenvalue weighted by molar-refractivity contribution is 6.31. The number of nitrogens with zero attached hydrogens (tertiary/aromatic N) is 1. The summed E-state index contributed by atoms with van der Waals surface area (Å²) in [4.78, 5) is 4.26. The average molecular weight is 317 g/mol. The fourth-order valence-electron chi connectivity index (χ4n) is 2.10. The molecule has 0 saturated carbocycles. The van der Waals surface area contributed by atoms with Crippen molar-refractivity contribution in [2.24, 2.45) is 0 Å². The first-order valence-corrected chi connectivity index (χ1v) is 7.59. The molecule has 3 rings (SSSR count). The number of fused-ring (bicyclic) bond motifs is 1. The number of anilines is 2. The predicted octanol–water partition coefficient (Wildman–Crippen LogP) is 6.11. The third-order valence-electron chi connectivity index (χ3n) is 3.10. The van der Waals surface area contributed by atoms with E-state index in [0.29, 0.717) is 10.7 Å². The summed E-state index contributed by atoms with van der Waals surface area (Å²) in [6.45, 7) is 5.86. The summed E-state index contributed by atoms with van der Waals surface area (Å²) in [7, 11) is 0. The molecule has 4 heteroatoms. The van der Waals surface area contributed by atoms with Gasteiger partial charge in [0.25, 0.3) is 0 Å². The molecule has 0 aliphatic carbocycles. The molecule has 2 nitrogen and oxygen atoms in total.